The highest BCUT2D eigenvalue weighted by Gasteiger charge is 2.08. The molecule has 0 aliphatic rings. The van der Waals surface area contributed by atoms with E-state index in [4.69, 9.17) is 5.73 Å². The van der Waals surface area contributed by atoms with Crippen molar-refractivity contribution >= 4 is 5.91 Å². The molecule has 3 nitrogen and oxygen atoms in total. The van der Waals surface area contributed by atoms with Crippen LogP contribution in [0.25, 0.3) is 0 Å². The predicted molar refractivity (Wildman–Crippen MR) is 78.8 cm³/mol. The summed E-state index contributed by atoms with van der Waals surface area (Å²) in [6, 6.07) is 7.48. The molecule has 0 aromatic heterocycles. The van der Waals surface area contributed by atoms with Crippen molar-refractivity contribution in [3.05, 3.63) is 35.4 Å². The summed E-state index contributed by atoms with van der Waals surface area (Å²) in [5.41, 5.74) is 6.86. The third-order valence-corrected chi connectivity index (χ3v) is 2.85. The van der Waals surface area contributed by atoms with E-state index in [9.17, 15) is 4.79 Å². The highest BCUT2D eigenvalue weighted by Crippen LogP contribution is 2.05. The standard InChI is InChI=1S/C16H22N2O/c1-3-4-6-13(2)18-16(19)15-10-8-14(9-11-15)7-5-12-17/h8-11,13H,3-4,6,12,17H2,1-2H3,(H,18,19). The smallest absolute Gasteiger partial charge is 0.251 e. The number of rotatable bonds is 5. The van der Waals surface area contributed by atoms with Gasteiger partial charge in [-0.25, -0.2) is 0 Å². The Balaban J connectivity index is 2.57. The van der Waals surface area contributed by atoms with Crippen LogP contribution in [0, 0.1) is 11.8 Å². The van der Waals surface area contributed by atoms with Crippen LogP contribution in [0.15, 0.2) is 24.3 Å². The molecule has 102 valence electrons. The molecule has 1 unspecified atom stereocenters. The van der Waals surface area contributed by atoms with Gasteiger partial charge in [-0.2, -0.15) is 0 Å². The van der Waals surface area contributed by atoms with Gasteiger partial charge in [0.1, 0.15) is 0 Å². The van der Waals surface area contributed by atoms with Crippen molar-refractivity contribution in [3.8, 4) is 11.8 Å². The number of carbonyl (C=O) groups excluding carboxylic acids is 1. The molecule has 3 heteroatoms. The first-order valence-corrected chi connectivity index (χ1v) is 6.77. The van der Waals surface area contributed by atoms with E-state index in [-0.39, 0.29) is 11.9 Å². The summed E-state index contributed by atoms with van der Waals surface area (Å²) in [5, 5.41) is 3.00. The van der Waals surface area contributed by atoms with Gasteiger partial charge in [0.25, 0.3) is 5.91 Å². The summed E-state index contributed by atoms with van der Waals surface area (Å²) in [4.78, 5) is 12.0. The topological polar surface area (TPSA) is 55.1 Å². The van der Waals surface area contributed by atoms with Crippen LogP contribution in [0.5, 0.6) is 0 Å². The van der Waals surface area contributed by atoms with E-state index in [1.165, 1.54) is 0 Å². The minimum Gasteiger partial charge on any atom is -0.350 e. The Labute approximate surface area is 115 Å². The Morgan fingerprint density at radius 1 is 1.37 bits per heavy atom. The lowest BCUT2D eigenvalue weighted by atomic mass is 10.1. The third kappa shape index (κ3) is 5.58. The Bertz CT molecular complexity index is 454. The predicted octanol–water partition coefficient (Wildman–Crippen LogP) is 2.31. The van der Waals surface area contributed by atoms with Crippen molar-refractivity contribution in [2.45, 2.75) is 39.2 Å². The zero-order valence-corrected chi connectivity index (χ0v) is 11.7. The number of hydrogen-bond donors (Lipinski definition) is 2. The van der Waals surface area contributed by atoms with Crippen LogP contribution in [-0.4, -0.2) is 18.5 Å². The van der Waals surface area contributed by atoms with E-state index in [0.717, 1.165) is 24.8 Å². The number of nitrogens with one attached hydrogen (secondary N) is 1. The number of hydrogen-bond acceptors (Lipinski definition) is 2. The van der Waals surface area contributed by atoms with E-state index in [2.05, 4.69) is 24.1 Å². The molecule has 1 aromatic carbocycles. The second kappa shape index (κ2) is 8.34. The first kappa shape index (κ1) is 15.3. The molecule has 1 amide bonds. The number of amides is 1. The molecular formula is C16H22N2O. The van der Waals surface area contributed by atoms with Crippen molar-refractivity contribution in [1.82, 2.24) is 5.32 Å². The lowest BCUT2D eigenvalue weighted by molar-refractivity contribution is 0.0938. The fraction of sp³-hybridized carbons (Fsp3) is 0.438. The highest BCUT2D eigenvalue weighted by molar-refractivity contribution is 5.94. The van der Waals surface area contributed by atoms with Crippen molar-refractivity contribution in [3.63, 3.8) is 0 Å². The molecule has 0 spiro atoms. The van der Waals surface area contributed by atoms with E-state index in [1.54, 1.807) is 12.1 Å². The van der Waals surface area contributed by atoms with Crippen molar-refractivity contribution in [2.75, 3.05) is 6.54 Å². The van der Waals surface area contributed by atoms with Crippen LogP contribution >= 0.6 is 0 Å². The summed E-state index contributed by atoms with van der Waals surface area (Å²) in [6.07, 6.45) is 3.30. The molecule has 1 aromatic rings. The summed E-state index contributed by atoms with van der Waals surface area (Å²) in [5.74, 6) is 5.69. The molecule has 0 fully saturated rings. The summed E-state index contributed by atoms with van der Waals surface area (Å²) in [6.45, 7) is 4.53. The van der Waals surface area contributed by atoms with Gasteiger partial charge < -0.3 is 11.1 Å². The molecule has 3 N–H and O–H groups in total. The third-order valence-electron chi connectivity index (χ3n) is 2.85. The first-order chi connectivity index (χ1) is 9.17. The molecule has 0 aliphatic heterocycles. The quantitative estimate of drug-likeness (QED) is 0.796. The Morgan fingerprint density at radius 2 is 2.05 bits per heavy atom. The molecule has 1 rings (SSSR count). The van der Waals surface area contributed by atoms with Crippen LogP contribution in [0.4, 0.5) is 0 Å². The number of unbranched alkanes of at least 4 members (excludes halogenated alkanes) is 1. The Kier molecular flexibility index (Phi) is 6.70. The van der Waals surface area contributed by atoms with E-state index in [1.807, 2.05) is 19.1 Å². The fourth-order valence-corrected chi connectivity index (χ4v) is 1.75. The maximum absolute atomic E-state index is 12.0. The van der Waals surface area contributed by atoms with Crippen molar-refractivity contribution in [2.24, 2.45) is 5.73 Å². The summed E-state index contributed by atoms with van der Waals surface area (Å²) < 4.78 is 0. The monoisotopic (exact) mass is 258 g/mol. The molecule has 0 heterocycles. The second-order valence-corrected chi connectivity index (χ2v) is 4.60. The van der Waals surface area contributed by atoms with Crippen molar-refractivity contribution in [1.29, 1.82) is 0 Å². The lowest BCUT2D eigenvalue weighted by Gasteiger charge is -2.13. The van der Waals surface area contributed by atoms with E-state index in [0.29, 0.717) is 12.1 Å². The van der Waals surface area contributed by atoms with Crippen LogP contribution in [0.2, 0.25) is 0 Å². The van der Waals surface area contributed by atoms with E-state index < -0.39 is 0 Å². The number of carbonyl (C=O) groups is 1. The van der Waals surface area contributed by atoms with Crippen molar-refractivity contribution < 1.29 is 4.79 Å². The SMILES string of the molecule is CCCCC(C)NC(=O)c1ccc(C#CCN)cc1. The largest absolute Gasteiger partial charge is 0.350 e. The molecule has 1 atom stereocenters. The molecular weight excluding hydrogens is 236 g/mol. The zero-order valence-electron chi connectivity index (χ0n) is 11.7. The van der Waals surface area contributed by atoms with Gasteiger partial charge in [-0.3, -0.25) is 4.79 Å². The van der Waals surface area contributed by atoms with Crippen LogP contribution in [0.1, 0.15) is 49.0 Å². The Hall–Kier alpha value is -1.79. The van der Waals surface area contributed by atoms with Crippen LogP contribution in [0.3, 0.4) is 0 Å². The van der Waals surface area contributed by atoms with Crippen LogP contribution in [-0.2, 0) is 0 Å². The summed E-state index contributed by atoms with van der Waals surface area (Å²) >= 11 is 0. The van der Waals surface area contributed by atoms with Gasteiger partial charge in [0, 0.05) is 17.2 Å². The van der Waals surface area contributed by atoms with Gasteiger partial charge in [-0.15, -0.1) is 0 Å². The molecule has 0 aliphatic carbocycles. The minimum absolute atomic E-state index is 0.0260. The summed E-state index contributed by atoms with van der Waals surface area (Å²) in [7, 11) is 0. The fourth-order valence-electron chi connectivity index (χ4n) is 1.75. The average Bonchev–Trinajstić information content (AvgIpc) is 2.43. The molecule has 0 saturated carbocycles. The lowest BCUT2D eigenvalue weighted by Crippen LogP contribution is -2.32. The van der Waals surface area contributed by atoms with E-state index >= 15 is 0 Å². The molecule has 0 saturated heterocycles. The van der Waals surface area contributed by atoms with Gasteiger partial charge in [-0.1, -0.05) is 31.6 Å². The second-order valence-electron chi connectivity index (χ2n) is 4.60. The first-order valence-electron chi connectivity index (χ1n) is 6.77. The number of nitrogens with two attached hydrogens (primary N) is 1. The van der Waals surface area contributed by atoms with Gasteiger partial charge in [0.2, 0.25) is 0 Å². The highest BCUT2D eigenvalue weighted by atomic mass is 16.1. The zero-order chi connectivity index (χ0) is 14.1. The van der Waals surface area contributed by atoms with Gasteiger partial charge in [0.05, 0.1) is 6.54 Å². The van der Waals surface area contributed by atoms with Crippen LogP contribution < -0.4 is 11.1 Å². The average molecular weight is 258 g/mol. The molecule has 0 radical (unpaired) electrons. The van der Waals surface area contributed by atoms with Gasteiger partial charge in [-0.05, 0) is 37.6 Å². The maximum atomic E-state index is 12.0. The number of benzene rings is 1. The Morgan fingerprint density at radius 3 is 2.63 bits per heavy atom. The van der Waals surface area contributed by atoms with Gasteiger partial charge in [0.15, 0.2) is 0 Å². The molecule has 19 heavy (non-hydrogen) atoms. The maximum Gasteiger partial charge on any atom is 0.251 e. The molecule has 0 bridgehead atoms. The minimum atomic E-state index is -0.0260. The normalized spacial score (nSPS) is 11.3. The van der Waals surface area contributed by atoms with Gasteiger partial charge >= 0.3 is 0 Å².